The van der Waals surface area contributed by atoms with Crippen LogP contribution in [0.25, 0.3) is 5.70 Å². The van der Waals surface area contributed by atoms with Gasteiger partial charge in [0.25, 0.3) is 0 Å². The first-order chi connectivity index (χ1) is 17.2. The second kappa shape index (κ2) is 9.80. The molecule has 0 amide bonds. The predicted molar refractivity (Wildman–Crippen MR) is 134 cm³/mol. The number of hydrogen-bond acceptors (Lipinski definition) is 7. The van der Waals surface area contributed by atoms with E-state index < -0.39 is 6.23 Å². The zero-order valence-electron chi connectivity index (χ0n) is 20.4. The van der Waals surface area contributed by atoms with Gasteiger partial charge in [-0.25, -0.2) is 0 Å². The summed E-state index contributed by atoms with van der Waals surface area (Å²) in [5.41, 5.74) is 7.51. The van der Waals surface area contributed by atoms with Gasteiger partial charge in [0, 0.05) is 5.56 Å². The smallest absolute Gasteiger partial charge is 0.199 e. The minimum absolute atomic E-state index is 0.0818. The molecule has 0 aromatic heterocycles. The SMILES string of the molecule is CCOc1ccc(C2=CC3c4cccc(OCC)c4OC(c4cc(OC)ccc4OC)N3N2)cc1. The molecule has 0 fully saturated rings. The van der Waals surface area contributed by atoms with Crippen LogP contribution in [0.15, 0.2) is 66.7 Å². The molecule has 3 aromatic carbocycles. The van der Waals surface area contributed by atoms with Gasteiger partial charge in [0.15, 0.2) is 17.7 Å². The van der Waals surface area contributed by atoms with Crippen LogP contribution in [0.4, 0.5) is 0 Å². The van der Waals surface area contributed by atoms with E-state index in [2.05, 4.69) is 34.7 Å². The first kappa shape index (κ1) is 22.9. The van der Waals surface area contributed by atoms with Crippen molar-refractivity contribution in [1.29, 1.82) is 0 Å². The number of rotatable bonds is 8. The maximum Gasteiger partial charge on any atom is 0.199 e. The molecule has 5 rings (SSSR count). The summed E-state index contributed by atoms with van der Waals surface area (Å²) in [6.45, 7) is 5.13. The number of methoxy groups -OCH3 is 2. The lowest BCUT2D eigenvalue weighted by Crippen LogP contribution is -2.43. The molecule has 7 heteroatoms. The lowest BCUT2D eigenvalue weighted by molar-refractivity contribution is -0.0358. The average Bonchev–Trinajstić information content (AvgIpc) is 3.35. The van der Waals surface area contributed by atoms with Gasteiger partial charge in [0.1, 0.15) is 17.2 Å². The van der Waals surface area contributed by atoms with Crippen molar-refractivity contribution in [2.45, 2.75) is 26.1 Å². The molecule has 0 saturated heterocycles. The normalized spacial score (nSPS) is 18.5. The number of nitrogens with one attached hydrogen (secondary N) is 1. The minimum Gasteiger partial charge on any atom is -0.497 e. The fraction of sp³-hybridized carbons (Fsp3) is 0.286. The van der Waals surface area contributed by atoms with E-state index in [-0.39, 0.29) is 6.04 Å². The summed E-state index contributed by atoms with van der Waals surface area (Å²) in [5, 5.41) is 2.10. The Labute approximate surface area is 205 Å². The van der Waals surface area contributed by atoms with Gasteiger partial charge in [-0.2, -0.15) is 5.01 Å². The van der Waals surface area contributed by atoms with Crippen LogP contribution in [0.1, 0.15) is 42.8 Å². The highest BCUT2D eigenvalue weighted by Gasteiger charge is 2.42. The van der Waals surface area contributed by atoms with Gasteiger partial charge < -0.3 is 29.1 Å². The Balaban J connectivity index is 1.60. The number of fused-ring (bicyclic) bond motifs is 3. The molecule has 0 bridgehead atoms. The van der Waals surface area contributed by atoms with E-state index in [0.717, 1.165) is 45.4 Å². The molecule has 0 saturated carbocycles. The molecule has 35 heavy (non-hydrogen) atoms. The molecule has 1 N–H and O–H groups in total. The highest BCUT2D eigenvalue weighted by molar-refractivity contribution is 5.68. The van der Waals surface area contributed by atoms with Crippen molar-refractivity contribution in [3.63, 3.8) is 0 Å². The predicted octanol–water partition coefficient (Wildman–Crippen LogP) is 5.49. The van der Waals surface area contributed by atoms with Crippen LogP contribution in [0.3, 0.4) is 0 Å². The standard InChI is InChI=1S/C28H30N2O5/c1-5-33-19-12-10-18(11-13-19)23-17-24-21-8-7-9-26(34-6-2)27(21)35-28(30(24)29-23)22-16-20(31-3)14-15-25(22)32-4/h7-17,24,28-29H,5-6H2,1-4H3. The molecule has 0 radical (unpaired) electrons. The summed E-state index contributed by atoms with van der Waals surface area (Å²) >= 11 is 0. The Morgan fingerprint density at radius 2 is 1.60 bits per heavy atom. The maximum absolute atomic E-state index is 6.64. The maximum atomic E-state index is 6.64. The van der Waals surface area contributed by atoms with Crippen molar-refractivity contribution in [2.24, 2.45) is 0 Å². The third-order valence-electron chi connectivity index (χ3n) is 6.16. The van der Waals surface area contributed by atoms with Crippen LogP contribution >= 0.6 is 0 Å². The van der Waals surface area contributed by atoms with Crippen molar-refractivity contribution in [2.75, 3.05) is 27.4 Å². The number of hydrogen-bond donors (Lipinski definition) is 1. The van der Waals surface area contributed by atoms with Gasteiger partial charge in [0.2, 0.25) is 0 Å². The summed E-state index contributed by atoms with van der Waals surface area (Å²) in [6.07, 6.45) is 1.72. The molecular weight excluding hydrogens is 444 g/mol. The first-order valence-electron chi connectivity index (χ1n) is 11.8. The molecule has 2 atom stereocenters. The number of nitrogens with zero attached hydrogens (tertiary/aromatic N) is 1. The van der Waals surface area contributed by atoms with Crippen LogP contribution in [0.5, 0.6) is 28.7 Å². The van der Waals surface area contributed by atoms with Crippen molar-refractivity contribution in [3.8, 4) is 28.7 Å². The van der Waals surface area contributed by atoms with E-state index in [0.29, 0.717) is 19.0 Å². The summed E-state index contributed by atoms with van der Waals surface area (Å²) in [6, 6.07) is 19.7. The Kier molecular flexibility index (Phi) is 6.42. The van der Waals surface area contributed by atoms with E-state index in [1.165, 1.54) is 0 Å². The fourth-order valence-electron chi connectivity index (χ4n) is 4.56. The highest BCUT2D eigenvalue weighted by Crippen LogP contribution is 2.51. The number of benzene rings is 3. The van der Waals surface area contributed by atoms with Gasteiger partial charge in [-0.3, -0.25) is 0 Å². The molecule has 2 unspecified atom stereocenters. The zero-order valence-corrected chi connectivity index (χ0v) is 20.4. The van der Waals surface area contributed by atoms with Crippen LogP contribution < -0.4 is 29.1 Å². The Morgan fingerprint density at radius 3 is 2.31 bits per heavy atom. The van der Waals surface area contributed by atoms with Crippen LogP contribution in [-0.4, -0.2) is 32.4 Å². The number of para-hydroxylation sites is 1. The van der Waals surface area contributed by atoms with Gasteiger partial charge in [-0.15, -0.1) is 0 Å². The Hall–Kier alpha value is -3.84. The van der Waals surface area contributed by atoms with Gasteiger partial charge >= 0.3 is 0 Å². The van der Waals surface area contributed by atoms with Crippen molar-refractivity contribution < 1.29 is 23.7 Å². The second-order valence-electron chi connectivity index (χ2n) is 8.19. The summed E-state index contributed by atoms with van der Waals surface area (Å²) < 4.78 is 29.4. The molecule has 3 aromatic rings. The van der Waals surface area contributed by atoms with Crippen LogP contribution in [0.2, 0.25) is 0 Å². The third kappa shape index (κ3) is 4.23. The lowest BCUT2D eigenvalue weighted by atomic mass is 10.00. The molecule has 2 aliphatic heterocycles. The Morgan fingerprint density at radius 1 is 0.829 bits per heavy atom. The lowest BCUT2D eigenvalue weighted by Gasteiger charge is -2.39. The highest BCUT2D eigenvalue weighted by atomic mass is 16.5. The van der Waals surface area contributed by atoms with E-state index in [1.54, 1.807) is 14.2 Å². The van der Waals surface area contributed by atoms with E-state index in [4.69, 9.17) is 23.7 Å². The first-order valence-corrected chi connectivity index (χ1v) is 11.8. The van der Waals surface area contributed by atoms with Crippen LogP contribution in [0, 0.1) is 0 Å². The van der Waals surface area contributed by atoms with Gasteiger partial charge in [-0.1, -0.05) is 12.1 Å². The molecule has 2 heterocycles. The third-order valence-corrected chi connectivity index (χ3v) is 6.16. The molecule has 182 valence electrons. The molecule has 7 nitrogen and oxygen atoms in total. The average molecular weight is 475 g/mol. The second-order valence-corrected chi connectivity index (χ2v) is 8.19. The van der Waals surface area contributed by atoms with Gasteiger partial charge in [0.05, 0.1) is 44.7 Å². The summed E-state index contributed by atoms with van der Waals surface area (Å²) in [4.78, 5) is 0. The largest absolute Gasteiger partial charge is 0.497 e. The van der Waals surface area contributed by atoms with E-state index in [1.807, 2.05) is 56.3 Å². The molecule has 0 spiro atoms. The topological polar surface area (TPSA) is 61.4 Å². The monoisotopic (exact) mass is 474 g/mol. The Bertz CT molecular complexity index is 1220. The summed E-state index contributed by atoms with van der Waals surface area (Å²) in [7, 11) is 3.31. The molecule has 2 aliphatic rings. The minimum atomic E-state index is -0.490. The van der Waals surface area contributed by atoms with Crippen molar-refractivity contribution in [1.82, 2.24) is 10.4 Å². The number of ether oxygens (including phenoxy) is 5. The number of hydrazine groups is 1. The summed E-state index contributed by atoms with van der Waals surface area (Å²) in [5.74, 6) is 3.74. The molecular formula is C28H30N2O5. The molecule has 0 aliphatic carbocycles. The zero-order chi connectivity index (χ0) is 24.4. The van der Waals surface area contributed by atoms with E-state index in [9.17, 15) is 0 Å². The fourth-order valence-corrected chi connectivity index (χ4v) is 4.56. The van der Waals surface area contributed by atoms with Crippen molar-refractivity contribution >= 4 is 5.70 Å². The van der Waals surface area contributed by atoms with Crippen LogP contribution in [-0.2, 0) is 0 Å². The van der Waals surface area contributed by atoms with E-state index >= 15 is 0 Å². The van der Waals surface area contributed by atoms with Crippen molar-refractivity contribution in [3.05, 3.63) is 83.4 Å². The quantitative estimate of drug-likeness (QED) is 0.463. The van der Waals surface area contributed by atoms with Gasteiger partial charge in [-0.05, 0) is 74.0 Å².